The Morgan fingerprint density at radius 2 is 1.07 bits per heavy atom. The maximum absolute atomic E-state index is 3.28. The van der Waals surface area contributed by atoms with E-state index >= 15 is 0 Å². The van der Waals surface area contributed by atoms with Crippen molar-refractivity contribution >= 4 is 0 Å². The SMILES string of the molecule is C1CCNCC1.CCC.c1ccccc1. The van der Waals surface area contributed by atoms with Gasteiger partial charge in [-0.05, 0) is 25.9 Å². The lowest BCUT2D eigenvalue weighted by Gasteiger charge is -2.08. The first kappa shape index (κ1) is 14.2. The van der Waals surface area contributed by atoms with Gasteiger partial charge in [-0.2, -0.15) is 0 Å². The van der Waals surface area contributed by atoms with Gasteiger partial charge in [0, 0.05) is 0 Å². The van der Waals surface area contributed by atoms with Crippen LogP contribution < -0.4 is 5.32 Å². The molecule has 2 rings (SSSR count). The lowest BCUT2D eigenvalue weighted by atomic mass is 10.2. The van der Waals surface area contributed by atoms with Crippen molar-refractivity contribution in [3.05, 3.63) is 36.4 Å². The summed E-state index contributed by atoms with van der Waals surface area (Å²) >= 11 is 0. The van der Waals surface area contributed by atoms with E-state index in [1.807, 2.05) is 36.4 Å². The number of hydrogen-bond donors (Lipinski definition) is 1. The van der Waals surface area contributed by atoms with E-state index in [1.54, 1.807) is 0 Å². The van der Waals surface area contributed by atoms with Crippen molar-refractivity contribution in [2.75, 3.05) is 13.1 Å². The van der Waals surface area contributed by atoms with E-state index in [4.69, 9.17) is 0 Å². The maximum atomic E-state index is 3.28. The van der Waals surface area contributed by atoms with Crippen molar-refractivity contribution in [2.24, 2.45) is 0 Å². The molecule has 0 aromatic heterocycles. The van der Waals surface area contributed by atoms with Crippen LogP contribution in [0.2, 0.25) is 0 Å². The fraction of sp³-hybridized carbons (Fsp3) is 0.571. The molecule has 0 saturated carbocycles. The number of rotatable bonds is 0. The molecule has 1 aromatic rings. The molecule has 0 radical (unpaired) electrons. The largest absolute Gasteiger partial charge is 0.317 e. The summed E-state index contributed by atoms with van der Waals surface area (Å²) < 4.78 is 0. The van der Waals surface area contributed by atoms with Gasteiger partial charge in [-0.25, -0.2) is 0 Å². The summed E-state index contributed by atoms with van der Waals surface area (Å²) in [6.45, 7) is 6.75. The van der Waals surface area contributed by atoms with Crippen LogP contribution in [0.1, 0.15) is 39.5 Å². The van der Waals surface area contributed by atoms with Gasteiger partial charge >= 0.3 is 0 Å². The molecule has 0 spiro atoms. The van der Waals surface area contributed by atoms with E-state index in [0.717, 1.165) is 0 Å². The third-order valence-corrected chi connectivity index (χ3v) is 1.87. The van der Waals surface area contributed by atoms with Crippen LogP contribution in [0.3, 0.4) is 0 Å². The van der Waals surface area contributed by atoms with E-state index in [-0.39, 0.29) is 0 Å². The minimum Gasteiger partial charge on any atom is -0.317 e. The highest BCUT2D eigenvalue weighted by Crippen LogP contribution is 1.96. The van der Waals surface area contributed by atoms with Crippen molar-refractivity contribution in [2.45, 2.75) is 39.5 Å². The first-order valence-corrected chi connectivity index (χ1v) is 6.12. The molecule has 1 fully saturated rings. The van der Waals surface area contributed by atoms with Crippen LogP contribution in [-0.4, -0.2) is 13.1 Å². The molecule has 1 saturated heterocycles. The van der Waals surface area contributed by atoms with Gasteiger partial charge in [0.25, 0.3) is 0 Å². The van der Waals surface area contributed by atoms with Gasteiger partial charge in [-0.15, -0.1) is 0 Å². The van der Waals surface area contributed by atoms with Crippen LogP contribution in [0.5, 0.6) is 0 Å². The van der Waals surface area contributed by atoms with Crippen LogP contribution in [-0.2, 0) is 0 Å². The number of benzene rings is 1. The maximum Gasteiger partial charge on any atom is -0.00489 e. The molecule has 1 aliphatic rings. The Kier molecular flexibility index (Phi) is 12.5. The fourth-order valence-electron chi connectivity index (χ4n) is 1.19. The highest BCUT2D eigenvalue weighted by Gasteiger charge is 1.93. The van der Waals surface area contributed by atoms with Gasteiger partial charge in [0.1, 0.15) is 0 Å². The van der Waals surface area contributed by atoms with Gasteiger partial charge in [0.2, 0.25) is 0 Å². The molecular weight excluding hydrogens is 182 g/mol. The van der Waals surface area contributed by atoms with E-state index in [9.17, 15) is 0 Å². The zero-order valence-corrected chi connectivity index (χ0v) is 10.2. The van der Waals surface area contributed by atoms with Crippen LogP contribution in [0, 0.1) is 0 Å². The predicted octanol–water partition coefficient (Wildman–Crippen LogP) is 3.86. The zero-order chi connectivity index (χ0) is 11.2. The Hall–Kier alpha value is -0.820. The van der Waals surface area contributed by atoms with Crippen LogP contribution in [0.4, 0.5) is 0 Å². The molecule has 0 aliphatic carbocycles. The summed E-state index contributed by atoms with van der Waals surface area (Å²) in [4.78, 5) is 0. The summed E-state index contributed by atoms with van der Waals surface area (Å²) in [7, 11) is 0. The second-order valence-electron chi connectivity index (χ2n) is 3.67. The topological polar surface area (TPSA) is 12.0 Å². The Balaban J connectivity index is 0.000000210. The predicted molar refractivity (Wildman–Crippen MR) is 69.1 cm³/mol. The Labute approximate surface area is 94.9 Å². The van der Waals surface area contributed by atoms with Crippen molar-refractivity contribution in [1.82, 2.24) is 5.32 Å². The molecule has 1 heteroatoms. The summed E-state index contributed by atoms with van der Waals surface area (Å²) in [5, 5.41) is 3.28. The van der Waals surface area contributed by atoms with E-state index in [1.165, 1.54) is 38.8 Å². The Bertz CT molecular complexity index is 142. The van der Waals surface area contributed by atoms with Crippen molar-refractivity contribution in [3.63, 3.8) is 0 Å². The summed E-state index contributed by atoms with van der Waals surface area (Å²) in [6.07, 6.45) is 5.47. The van der Waals surface area contributed by atoms with Crippen molar-refractivity contribution in [1.29, 1.82) is 0 Å². The van der Waals surface area contributed by atoms with Gasteiger partial charge < -0.3 is 5.32 Å². The summed E-state index contributed by atoms with van der Waals surface area (Å²) in [5.41, 5.74) is 0. The molecular formula is C14H25N. The lowest BCUT2D eigenvalue weighted by Crippen LogP contribution is -2.21. The quantitative estimate of drug-likeness (QED) is 0.681. The molecule has 1 nitrogen and oxygen atoms in total. The highest BCUT2D eigenvalue weighted by molar-refractivity contribution is 4.99. The Morgan fingerprint density at radius 3 is 1.20 bits per heavy atom. The minimum absolute atomic E-state index is 1.25. The standard InChI is InChI=1S/C6H6.C5H11N.C3H8/c2*1-2-4-6-5-3-1;1-3-2/h1-6H;6H,1-5H2;3H2,1-2H3. The average molecular weight is 207 g/mol. The van der Waals surface area contributed by atoms with Gasteiger partial charge in [0.05, 0.1) is 0 Å². The molecule has 86 valence electrons. The Morgan fingerprint density at radius 1 is 0.733 bits per heavy atom. The number of nitrogens with one attached hydrogen (secondary N) is 1. The number of hydrogen-bond acceptors (Lipinski definition) is 1. The smallest absolute Gasteiger partial charge is 0.00489 e. The molecule has 1 aromatic carbocycles. The van der Waals surface area contributed by atoms with Crippen molar-refractivity contribution in [3.8, 4) is 0 Å². The summed E-state index contributed by atoms with van der Waals surface area (Å²) in [6, 6.07) is 12.0. The van der Waals surface area contributed by atoms with Gasteiger partial charge in [-0.3, -0.25) is 0 Å². The minimum atomic E-state index is 1.25. The second-order valence-corrected chi connectivity index (χ2v) is 3.67. The first-order chi connectivity index (χ1) is 7.41. The molecule has 0 unspecified atom stereocenters. The lowest BCUT2D eigenvalue weighted by molar-refractivity contribution is 0.520. The van der Waals surface area contributed by atoms with E-state index in [0.29, 0.717) is 0 Å². The molecule has 1 aliphatic heterocycles. The van der Waals surface area contributed by atoms with E-state index < -0.39 is 0 Å². The average Bonchev–Trinajstić information content (AvgIpc) is 2.35. The highest BCUT2D eigenvalue weighted by atomic mass is 14.9. The normalized spacial score (nSPS) is 14.0. The monoisotopic (exact) mass is 207 g/mol. The van der Waals surface area contributed by atoms with Crippen molar-refractivity contribution < 1.29 is 0 Å². The molecule has 0 amide bonds. The fourth-order valence-corrected chi connectivity index (χ4v) is 1.19. The number of piperidine rings is 1. The van der Waals surface area contributed by atoms with Gasteiger partial charge in [0.15, 0.2) is 0 Å². The third-order valence-electron chi connectivity index (χ3n) is 1.87. The van der Waals surface area contributed by atoms with Gasteiger partial charge in [-0.1, -0.05) is 63.1 Å². The molecule has 1 heterocycles. The van der Waals surface area contributed by atoms with Crippen LogP contribution >= 0.6 is 0 Å². The van der Waals surface area contributed by atoms with Crippen LogP contribution in [0.25, 0.3) is 0 Å². The van der Waals surface area contributed by atoms with E-state index in [2.05, 4.69) is 19.2 Å². The molecule has 15 heavy (non-hydrogen) atoms. The third kappa shape index (κ3) is 13.2. The molecule has 1 N–H and O–H groups in total. The molecule has 0 bridgehead atoms. The van der Waals surface area contributed by atoms with Crippen LogP contribution in [0.15, 0.2) is 36.4 Å². The summed E-state index contributed by atoms with van der Waals surface area (Å²) in [5.74, 6) is 0. The first-order valence-electron chi connectivity index (χ1n) is 6.12. The second kappa shape index (κ2) is 13.2. The molecule has 0 atom stereocenters. The zero-order valence-electron chi connectivity index (χ0n) is 10.2.